The summed E-state index contributed by atoms with van der Waals surface area (Å²) in [5.74, 6) is 0.125. The van der Waals surface area contributed by atoms with Gasteiger partial charge in [-0.25, -0.2) is 19.3 Å². The van der Waals surface area contributed by atoms with Gasteiger partial charge in [0.1, 0.15) is 30.7 Å². The van der Waals surface area contributed by atoms with Gasteiger partial charge in [0.25, 0.3) is 0 Å². The van der Waals surface area contributed by atoms with Crippen LogP contribution < -0.4 is 5.73 Å². The van der Waals surface area contributed by atoms with E-state index in [0.29, 0.717) is 0 Å². The molecule has 0 bridgehead atoms. The lowest BCUT2D eigenvalue weighted by molar-refractivity contribution is -0.118. The minimum atomic E-state index is -2.22. The molecule has 1 fully saturated rings. The number of hydrogen-bond acceptors (Lipinski definition) is 8. The predicted molar refractivity (Wildman–Crippen MR) is 67.7 cm³/mol. The predicted octanol–water partition coefficient (Wildman–Crippen LogP) is -1.64. The van der Waals surface area contributed by atoms with Crippen LogP contribution in [0.3, 0.4) is 0 Å². The van der Waals surface area contributed by atoms with E-state index >= 15 is 0 Å². The first-order chi connectivity index (χ1) is 10.0. The van der Waals surface area contributed by atoms with E-state index in [9.17, 15) is 14.6 Å². The molecule has 2 aromatic heterocycles. The Morgan fingerprint density at radius 1 is 1.43 bits per heavy atom. The van der Waals surface area contributed by atoms with E-state index in [0.717, 1.165) is 0 Å². The van der Waals surface area contributed by atoms with E-state index in [4.69, 9.17) is 15.6 Å². The van der Waals surface area contributed by atoms with Gasteiger partial charge in [-0.15, -0.1) is 0 Å². The van der Waals surface area contributed by atoms with Gasteiger partial charge in [-0.05, 0) is 0 Å². The maximum Gasteiger partial charge on any atom is 0.171 e. The van der Waals surface area contributed by atoms with Gasteiger partial charge in [0.05, 0.1) is 12.9 Å². The first-order valence-corrected chi connectivity index (χ1v) is 6.18. The summed E-state index contributed by atoms with van der Waals surface area (Å²) in [6.45, 7) is -1.83. The molecule has 0 spiro atoms. The first kappa shape index (κ1) is 14.1. The highest BCUT2D eigenvalue weighted by Gasteiger charge is 2.56. The minimum absolute atomic E-state index is 0.125. The summed E-state index contributed by atoms with van der Waals surface area (Å²) < 4.78 is 19.9. The van der Waals surface area contributed by atoms with Gasteiger partial charge in [0, 0.05) is 0 Å². The Balaban J connectivity index is 2.11. The maximum atomic E-state index is 13.3. The number of fused-ring (bicyclic) bond motifs is 1. The third-order valence-corrected chi connectivity index (χ3v) is 3.63. The monoisotopic (exact) mass is 299 g/mol. The molecular weight excluding hydrogens is 285 g/mol. The van der Waals surface area contributed by atoms with Crippen molar-refractivity contribution in [1.82, 2.24) is 19.5 Å². The third-order valence-electron chi connectivity index (χ3n) is 3.63. The van der Waals surface area contributed by atoms with Crippen LogP contribution in [0.25, 0.3) is 11.2 Å². The van der Waals surface area contributed by atoms with Crippen molar-refractivity contribution in [3.8, 4) is 0 Å². The molecular formula is C11H14FN5O4. The van der Waals surface area contributed by atoms with Crippen molar-refractivity contribution in [3.05, 3.63) is 12.7 Å². The van der Waals surface area contributed by atoms with Crippen LogP contribution in [0.5, 0.6) is 0 Å². The number of anilines is 1. The molecule has 3 unspecified atom stereocenters. The Morgan fingerprint density at radius 2 is 2.19 bits per heavy atom. The SMILES string of the molecule is Nc1ncnc2c1ncn2C1OC(CO)C(O)[C@]1(O)CF. The highest BCUT2D eigenvalue weighted by atomic mass is 19.1. The van der Waals surface area contributed by atoms with Crippen molar-refractivity contribution >= 4 is 17.0 Å². The Bertz CT molecular complexity index is 667. The molecule has 0 aromatic carbocycles. The molecule has 1 aliphatic rings. The second-order valence-electron chi connectivity index (χ2n) is 4.86. The molecule has 9 nitrogen and oxygen atoms in total. The molecule has 0 aliphatic carbocycles. The molecule has 10 heteroatoms. The third kappa shape index (κ3) is 1.87. The molecule has 1 saturated heterocycles. The van der Waals surface area contributed by atoms with Crippen molar-refractivity contribution in [2.45, 2.75) is 24.0 Å². The number of imidazole rings is 1. The molecule has 0 amide bonds. The summed E-state index contributed by atoms with van der Waals surface area (Å²) in [6, 6.07) is 0. The van der Waals surface area contributed by atoms with E-state index in [1.165, 1.54) is 17.2 Å². The number of nitrogens with zero attached hydrogens (tertiary/aromatic N) is 4. The highest BCUT2D eigenvalue weighted by molar-refractivity contribution is 5.81. The Labute approximate surface area is 117 Å². The van der Waals surface area contributed by atoms with Crippen LogP contribution in [-0.4, -0.2) is 65.9 Å². The molecule has 1 aliphatic heterocycles. The number of alkyl halides is 1. The van der Waals surface area contributed by atoms with Gasteiger partial charge >= 0.3 is 0 Å². The Morgan fingerprint density at radius 3 is 2.86 bits per heavy atom. The summed E-state index contributed by atoms with van der Waals surface area (Å²) in [7, 11) is 0. The van der Waals surface area contributed by atoms with E-state index < -0.39 is 37.3 Å². The van der Waals surface area contributed by atoms with E-state index in [1.54, 1.807) is 0 Å². The average molecular weight is 299 g/mol. The molecule has 21 heavy (non-hydrogen) atoms. The van der Waals surface area contributed by atoms with Crippen LogP contribution in [0.15, 0.2) is 12.7 Å². The largest absolute Gasteiger partial charge is 0.394 e. The fourth-order valence-corrected chi connectivity index (χ4v) is 2.46. The number of aromatic nitrogens is 4. The first-order valence-electron chi connectivity index (χ1n) is 6.18. The van der Waals surface area contributed by atoms with Gasteiger partial charge in [-0.3, -0.25) is 4.57 Å². The van der Waals surface area contributed by atoms with Crippen LogP contribution >= 0.6 is 0 Å². The number of aliphatic hydroxyl groups is 3. The van der Waals surface area contributed by atoms with E-state index in [2.05, 4.69) is 15.0 Å². The van der Waals surface area contributed by atoms with E-state index in [-0.39, 0.29) is 17.0 Å². The minimum Gasteiger partial charge on any atom is -0.394 e. The van der Waals surface area contributed by atoms with Crippen molar-refractivity contribution in [2.24, 2.45) is 0 Å². The number of halogens is 1. The van der Waals surface area contributed by atoms with Gasteiger partial charge < -0.3 is 25.8 Å². The maximum absolute atomic E-state index is 13.3. The number of nitrogens with two attached hydrogens (primary N) is 1. The van der Waals surface area contributed by atoms with Gasteiger partial charge in [-0.1, -0.05) is 0 Å². The van der Waals surface area contributed by atoms with Gasteiger partial charge in [0.2, 0.25) is 0 Å². The highest BCUT2D eigenvalue weighted by Crippen LogP contribution is 2.40. The zero-order chi connectivity index (χ0) is 15.2. The summed E-state index contributed by atoms with van der Waals surface area (Å²) in [5.41, 5.74) is 3.93. The standard InChI is InChI=1S/C11H14FN5O4/c12-2-11(20)7(19)5(1-18)21-10(11)17-4-16-6-8(13)14-3-15-9(6)17/h3-5,7,10,18-20H,1-2H2,(H2,13,14,15)/t5?,7?,10?,11-/m1/s1. The summed E-state index contributed by atoms with van der Waals surface area (Å²) in [6.07, 6.45) is -1.55. The lowest BCUT2D eigenvalue weighted by Crippen LogP contribution is -2.48. The molecule has 3 heterocycles. The summed E-state index contributed by atoms with van der Waals surface area (Å²) >= 11 is 0. The summed E-state index contributed by atoms with van der Waals surface area (Å²) in [5, 5.41) is 29.4. The van der Waals surface area contributed by atoms with Crippen LogP contribution in [0.4, 0.5) is 10.2 Å². The average Bonchev–Trinajstić information content (AvgIpc) is 3.01. The smallest absolute Gasteiger partial charge is 0.171 e. The molecule has 5 N–H and O–H groups in total. The Hall–Kier alpha value is -1.88. The van der Waals surface area contributed by atoms with Crippen molar-refractivity contribution < 1.29 is 24.4 Å². The molecule has 2 aromatic rings. The van der Waals surface area contributed by atoms with Gasteiger partial charge in [-0.2, -0.15) is 0 Å². The van der Waals surface area contributed by atoms with Crippen molar-refractivity contribution in [3.63, 3.8) is 0 Å². The van der Waals surface area contributed by atoms with Crippen molar-refractivity contribution in [2.75, 3.05) is 19.0 Å². The number of hydrogen-bond donors (Lipinski definition) is 4. The molecule has 114 valence electrons. The lowest BCUT2D eigenvalue weighted by Gasteiger charge is -2.28. The number of nitrogen functional groups attached to an aromatic ring is 1. The quantitative estimate of drug-likeness (QED) is 0.529. The zero-order valence-electron chi connectivity index (χ0n) is 10.8. The molecule has 0 radical (unpaired) electrons. The van der Waals surface area contributed by atoms with Crippen LogP contribution in [-0.2, 0) is 4.74 Å². The van der Waals surface area contributed by atoms with Crippen LogP contribution in [0, 0.1) is 0 Å². The molecule has 3 rings (SSSR count). The lowest BCUT2D eigenvalue weighted by atomic mass is 9.95. The molecule has 0 saturated carbocycles. The fraction of sp³-hybridized carbons (Fsp3) is 0.545. The number of aliphatic hydroxyl groups excluding tert-OH is 2. The van der Waals surface area contributed by atoms with Gasteiger partial charge in [0.15, 0.2) is 23.3 Å². The van der Waals surface area contributed by atoms with Crippen LogP contribution in [0.1, 0.15) is 6.23 Å². The number of ether oxygens (including phenoxy) is 1. The fourth-order valence-electron chi connectivity index (χ4n) is 2.46. The van der Waals surface area contributed by atoms with Crippen LogP contribution in [0.2, 0.25) is 0 Å². The number of rotatable bonds is 3. The zero-order valence-corrected chi connectivity index (χ0v) is 10.8. The molecule has 4 atom stereocenters. The van der Waals surface area contributed by atoms with E-state index in [1.807, 2.05) is 0 Å². The second-order valence-corrected chi connectivity index (χ2v) is 4.86. The topological polar surface area (TPSA) is 140 Å². The second kappa shape index (κ2) is 4.84. The Kier molecular flexibility index (Phi) is 3.24. The normalized spacial score (nSPS) is 32.9. The summed E-state index contributed by atoms with van der Waals surface area (Å²) in [4.78, 5) is 11.7. The van der Waals surface area contributed by atoms with Crippen molar-refractivity contribution in [1.29, 1.82) is 0 Å².